The van der Waals surface area contributed by atoms with Crippen molar-refractivity contribution in [2.75, 3.05) is 19.8 Å². The highest BCUT2D eigenvalue weighted by atomic mass is 79.9. The average Bonchev–Trinajstić information content (AvgIpc) is 2.38. The molecule has 0 saturated carbocycles. The molecule has 1 aliphatic heterocycles. The number of carbonyl (C=O) groups is 1. The Labute approximate surface area is 120 Å². The van der Waals surface area contributed by atoms with Gasteiger partial charge in [0, 0.05) is 17.6 Å². The molecule has 0 radical (unpaired) electrons. The summed E-state index contributed by atoms with van der Waals surface area (Å²) >= 11 is 3.39. The summed E-state index contributed by atoms with van der Waals surface area (Å²) in [6, 6.07) is 3.40. The van der Waals surface area contributed by atoms with Gasteiger partial charge in [-0.15, -0.1) is 0 Å². The van der Waals surface area contributed by atoms with Gasteiger partial charge in [-0.25, -0.2) is 0 Å². The largest absolute Gasteiger partial charge is 0.486 e. The zero-order valence-corrected chi connectivity index (χ0v) is 12.5. The van der Waals surface area contributed by atoms with Crippen molar-refractivity contribution < 1.29 is 14.3 Å². The van der Waals surface area contributed by atoms with Gasteiger partial charge in [0.15, 0.2) is 11.5 Å². The lowest BCUT2D eigenvalue weighted by molar-refractivity contribution is 0.0914. The van der Waals surface area contributed by atoms with Crippen LogP contribution >= 0.6 is 15.9 Å². The fourth-order valence-corrected chi connectivity index (χ4v) is 2.23. The van der Waals surface area contributed by atoms with Crippen LogP contribution in [0.5, 0.6) is 11.5 Å². The summed E-state index contributed by atoms with van der Waals surface area (Å²) in [4.78, 5) is 12.2. The minimum atomic E-state index is -0.448. The molecule has 0 atom stereocenters. The Morgan fingerprint density at radius 2 is 2.11 bits per heavy atom. The van der Waals surface area contributed by atoms with Crippen LogP contribution in [0.1, 0.15) is 24.2 Å². The Kier molecular flexibility index (Phi) is 4.01. The van der Waals surface area contributed by atoms with Crippen LogP contribution in [-0.4, -0.2) is 31.2 Å². The molecule has 1 amide bonds. The summed E-state index contributed by atoms with van der Waals surface area (Å²) in [7, 11) is 0. The zero-order valence-electron chi connectivity index (χ0n) is 11.0. The van der Waals surface area contributed by atoms with Gasteiger partial charge in [-0.1, -0.05) is 0 Å². The van der Waals surface area contributed by atoms with Crippen molar-refractivity contribution in [3.05, 3.63) is 22.2 Å². The van der Waals surface area contributed by atoms with Crippen LogP contribution in [0.2, 0.25) is 0 Å². The van der Waals surface area contributed by atoms with Gasteiger partial charge in [0.05, 0.1) is 4.47 Å². The van der Waals surface area contributed by atoms with E-state index in [2.05, 4.69) is 21.2 Å². The number of carbonyl (C=O) groups excluding carboxylic acids is 1. The van der Waals surface area contributed by atoms with Gasteiger partial charge >= 0.3 is 0 Å². The fraction of sp³-hybridized carbons (Fsp3) is 0.462. The number of rotatable bonds is 3. The molecule has 0 saturated heterocycles. The Morgan fingerprint density at radius 3 is 2.79 bits per heavy atom. The van der Waals surface area contributed by atoms with E-state index in [9.17, 15) is 4.79 Å². The van der Waals surface area contributed by atoms with Crippen LogP contribution in [0.4, 0.5) is 0 Å². The van der Waals surface area contributed by atoms with Gasteiger partial charge in [-0.3, -0.25) is 4.79 Å². The third-order valence-corrected chi connectivity index (χ3v) is 3.41. The summed E-state index contributed by atoms with van der Waals surface area (Å²) in [5.74, 6) is 1.03. The van der Waals surface area contributed by atoms with Crippen LogP contribution in [0.3, 0.4) is 0 Å². The topological polar surface area (TPSA) is 73.6 Å². The Hall–Kier alpha value is -1.27. The molecule has 1 heterocycles. The van der Waals surface area contributed by atoms with E-state index in [1.54, 1.807) is 12.1 Å². The van der Waals surface area contributed by atoms with Crippen molar-refractivity contribution >= 4 is 21.8 Å². The third kappa shape index (κ3) is 3.19. The van der Waals surface area contributed by atoms with Crippen molar-refractivity contribution in [3.63, 3.8) is 0 Å². The van der Waals surface area contributed by atoms with Crippen LogP contribution in [0.25, 0.3) is 0 Å². The summed E-state index contributed by atoms with van der Waals surface area (Å²) in [6.07, 6.45) is 0. The number of hydrogen-bond donors (Lipinski definition) is 2. The molecule has 0 aliphatic carbocycles. The maximum absolute atomic E-state index is 12.2. The minimum Gasteiger partial charge on any atom is -0.486 e. The molecule has 1 aliphatic rings. The van der Waals surface area contributed by atoms with Gasteiger partial charge in [0.25, 0.3) is 5.91 Å². The molecule has 0 bridgehead atoms. The van der Waals surface area contributed by atoms with Gasteiger partial charge < -0.3 is 20.5 Å². The van der Waals surface area contributed by atoms with Gasteiger partial charge in [0.2, 0.25) is 0 Å². The Balaban J connectivity index is 2.26. The van der Waals surface area contributed by atoms with E-state index >= 15 is 0 Å². The molecule has 0 fully saturated rings. The first-order valence-electron chi connectivity index (χ1n) is 6.05. The van der Waals surface area contributed by atoms with E-state index in [-0.39, 0.29) is 5.91 Å². The quantitative estimate of drug-likeness (QED) is 0.885. The van der Waals surface area contributed by atoms with E-state index in [0.717, 1.165) is 0 Å². The van der Waals surface area contributed by atoms with Gasteiger partial charge in [-0.05, 0) is 41.9 Å². The number of nitrogens with one attached hydrogen (secondary N) is 1. The number of benzene rings is 1. The predicted octanol–water partition coefficient (Wildman–Crippen LogP) is 1.69. The van der Waals surface area contributed by atoms with Crippen molar-refractivity contribution in [3.8, 4) is 11.5 Å². The molecule has 0 aromatic heterocycles. The first kappa shape index (κ1) is 14.1. The second kappa shape index (κ2) is 5.38. The number of fused-ring (bicyclic) bond motifs is 1. The number of amides is 1. The van der Waals surface area contributed by atoms with Crippen molar-refractivity contribution in [1.82, 2.24) is 5.32 Å². The van der Waals surface area contributed by atoms with E-state index in [4.69, 9.17) is 15.2 Å². The van der Waals surface area contributed by atoms with Crippen LogP contribution in [0.15, 0.2) is 16.6 Å². The van der Waals surface area contributed by atoms with Crippen LogP contribution in [0, 0.1) is 0 Å². The molecular formula is C13H17BrN2O3. The summed E-state index contributed by atoms with van der Waals surface area (Å²) in [5.41, 5.74) is 5.67. The SMILES string of the molecule is CC(C)(CN)NC(=O)c1cc(Br)c2c(c1)OCCO2. The first-order valence-corrected chi connectivity index (χ1v) is 6.84. The molecule has 2 rings (SSSR count). The fourth-order valence-electron chi connectivity index (χ4n) is 1.67. The number of hydrogen-bond acceptors (Lipinski definition) is 4. The zero-order chi connectivity index (χ0) is 14.0. The van der Waals surface area contributed by atoms with Gasteiger partial charge in [-0.2, -0.15) is 0 Å². The Morgan fingerprint density at radius 1 is 1.42 bits per heavy atom. The molecule has 6 heteroatoms. The van der Waals surface area contributed by atoms with Crippen LogP contribution in [-0.2, 0) is 0 Å². The lowest BCUT2D eigenvalue weighted by Crippen LogP contribution is -2.48. The number of nitrogens with two attached hydrogens (primary N) is 1. The summed E-state index contributed by atoms with van der Waals surface area (Å²) in [6.45, 7) is 5.11. The maximum atomic E-state index is 12.2. The lowest BCUT2D eigenvalue weighted by atomic mass is 10.0. The highest BCUT2D eigenvalue weighted by Crippen LogP contribution is 2.38. The molecule has 104 valence electrons. The third-order valence-electron chi connectivity index (χ3n) is 2.82. The van der Waals surface area contributed by atoms with E-state index in [1.165, 1.54) is 0 Å². The lowest BCUT2D eigenvalue weighted by Gasteiger charge is -2.25. The number of halogens is 1. The molecule has 19 heavy (non-hydrogen) atoms. The van der Waals surface area contributed by atoms with E-state index < -0.39 is 5.54 Å². The van der Waals surface area contributed by atoms with E-state index in [0.29, 0.717) is 41.3 Å². The molecule has 5 nitrogen and oxygen atoms in total. The average molecular weight is 329 g/mol. The second-order valence-corrected chi connectivity index (χ2v) is 5.88. The molecule has 0 spiro atoms. The molecular weight excluding hydrogens is 312 g/mol. The highest BCUT2D eigenvalue weighted by molar-refractivity contribution is 9.10. The van der Waals surface area contributed by atoms with Crippen molar-refractivity contribution in [2.24, 2.45) is 5.73 Å². The smallest absolute Gasteiger partial charge is 0.251 e. The highest BCUT2D eigenvalue weighted by Gasteiger charge is 2.22. The molecule has 1 aromatic rings. The standard InChI is InChI=1S/C13H17BrN2O3/c1-13(2,7-15)16-12(17)8-5-9(14)11-10(6-8)18-3-4-19-11/h5-6H,3-4,7,15H2,1-2H3,(H,16,17). The number of ether oxygens (including phenoxy) is 2. The van der Waals surface area contributed by atoms with Gasteiger partial charge in [0.1, 0.15) is 13.2 Å². The van der Waals surface area contributed by atoms with Crippen LogP contribution < -0.4 is 20.5 Å². The predicted molar refractivity (Wildman–Crippen MR) is 75.7 cm³/mol. The maximum Gasteiger partial charge on any atom is 0.251 e. The normalized spacial score (nSPS) is 14.1. The second-order valence-electron chi connectivity index (χ2n) is 5.02. The van der Waals surface area contributed by atoms with Crippen molar-refractivity contribution in [2.45, 2.75) is 19.4 Å². The molecule has 3 N–H and O–H groups in total. The van der Waals surface area contributed by atoms with Crippen molar-refractivity contribution in [1.29, 1.82) is 0 Å². The Bertz CT molecular complexity index is 503. The summed E-state index contributed by atoms with van der Waals surface area (Å²) in [5, 5.41) is 2.88. The first-order chi connectivity index (χ1) is 8.93. The summed E-state index contributed by atoms with van der Waals surface area (Å²) < 4.78 is 11.7. The monoisotopic (exact) mass is 328 g/mol. The molecule has 0 unspecified atom stereocenters. The molecule has 1 aromatic carbocycles. The van der Waals surface area contributed by atoms with E-state index in [1.807, 2.05) is 13.8 Å². The minimum absolute atomic E-state index is 0.187.